The first-order valence-corrected chi connectivity index (χ1v) is 12.0. The molecule has 0 aliphatic rings. The Hall–Kier alpha value is -3.59. The fourth-order valence-electron chi connectivity index (χ4n) is 3.59. The van der Waals surface area contributed by atoms with Crippen molar-refractivity contribution in [1.82, 2.24) is 14.5 Å². The molecule has 0 saturated carbocycles. The van der Waals surface area contributed by atoms with Gasteiger partial charge in [0.15, 0.2) is 0 Å². The average Bonchev–Trinajstić information content (AvgIpc) is 3.25. The molecule has 3 N–H and O–H groups in total. The van der Waals surface area contributed by atoms with Crippen molar-refractivity contribution in [3.05, 3.63) is 88.6 Å². The maximum atomic E-state index is 12.9. The molecule has 0 fully saturated rings. The number of aryl methyl sites for hydroxylation is 1. The van der Waals surface area contributed by atoms with Gasteiger partial charge in [0.05, 0.1) is 23.3 Å². The van der Waals surface area contributed by atoms with Crippen molar-refractivity contribution in [2.24, 2.45) is 0 Å². The third kappa shape index (κ3) is 5.00. The smallest absolute Gasteiger partial charge is 0.275 e. The number of fused-ring (bicyclic) bond motifs is 1. The van der Waals surface area contributed by atoms with Crippen molar-refractivity contribution in [1.29, 1.82) is 0 Å². The van der Waals surface area contributed by atoms with E-state index in [1.54, 1.807) is 41.2 Å². The Bertz CT molecular complexity index is 1380. The zero-order valence-corrected chi connectivity index (χ0v) is 18.5. The van der Waals surface area contributed by atoms with Gasteiger partial charge in [0.2, 0.25) is 10.0 Å². The van der Waals surface area contributed by atoms with Crippen LogP contribution in [0.15, 0.2) is 71.8 Å². The van der Waals surface area contributed by atoms with Crippen LogP contribution in [0.4, 0.5) is 11.4 Å². The summed E-state index contributed by atoms with van der Waals surface area (Å²) in [5.41, 5.74) is 3.89. The highest BCUT2D eigenvalue weighted by Gasteiger charge is 2.15. The summed E-state index contributed by atoms with van der Waals surface area (Å²) in [6, 6.07) is 18.0. The third-order valence-corrected chi connectivity index (χ3v) is 6.43. The van der Waals surface area contributed by atoms with Crippen LogP contribution in [0.25, 0.3) is 11.0 Å². The molecule has 4 rings (SSSR count). The van der Waals surface area contributed by atoms with Gasteiger partial charge in [0, 0.05) is 18.8 Å². The first kappa shape index (κ1) is 21.6. The van der Waals surface area contributed by atoms with E-state index in [9.17, 15) is 13.2 Å². The second-order valence-corrected chi connectivity index (χ2v) is 9.30. The molecular formula is C23H25N5O3S. The number of sulfonamides is 1. The molecular weight excluding hydrogens is 426 g/mol. The Kier molecular flexibility index (Phi) is 6.27. The van der Waals surface area contributed by atoms with Gasteiger partial charge in [-0.15, -0.1) is 0 Å². The first-order valence-electron chi connectivity index (χ1n) is 10.3. The zero-order valence-electron chi connectivity index (χ0n) is 17.7. The lowest BCUT2D eigenvalue weighted by Gasteiger charge is -2.14. The summed E-state index contributed by atoms with van der Waals surface area (Å²) < 4.78 is 29.1. The highest BCUT2D eigenvalue weighted by molar-refractivity contribution is 7.91. The quantitative estimate of drug-likeness (QED) is 0.338. The van der Waals surface area contributed by atoms with Crippen molar-refractivity contribution < 1.29 is 8.42 Å². The van der Waals surface area contributed by atoms with E-state index in [0.29, 0.717) is 25.1 Å². The van der Waals surface area contributed by atoms with E-state index in [1.165, 1.54) is 6.07 Å². The maximum absolute atomic E-state index is 12.9. The molecule has 32 heavy (non-hydrogen) atoms. The lowest BCUT2D eigenvalue weighted by atomic mass is 10.2. The molecule has 4 aromatic rings. The summed E-state index contributed by atoms with van der Waals surface area (Å²) in [5, 5.41) is 3.35. The summed E-state index contributed by atoms with van der Waals surface area (Å²) in [6.07, 6.45) is 2.34. The van der Waals surface area contributed by atoms with E-state index >= 15 is 0 Å². The van der Waals surface area contributed by atoms with E-state index < -0.39 is 10.0 Å². The van der Waals surface area contributed by atoms with Crippen LogP contribution in [0.3, 0.4) is 0 Å². The molecule has 166 valence electrons. The minimum absolute atomic E-state index is 0.0563. The van der Waals surface area contributed by atoms with Gasteiger partial charge in [0.1, 0.15) is 11.2 Å². The molecule has 0 amide bonds. The van der Waals surface area contributed by atoms with Crippen molar-refractivity contribution in [3.63, 3.8) is 0 Å². The van der Waals surface area contributed by atoms with Crippen LogP contribution in [0.1, 0.15) is 17.7 Å². The molecule has 0 unspecified atom stereocenters. The molecule has 0 aliphatic heterocycles. The van der Waals surface area contributed by atoms with E-state index in [-0.39, 0.29) is 17.0 Å². The zero-order chi connectivity index (χ0) is 22.6. The average molecular weight is 452 g/mol. The molecule has 0 spiro atoms. The topological polar surface area (TPSA) is 109 Å². The Morgan fingerprint density at radius 3 is 2.62 bits per heavy atom. The predicted octanol–water partition coefficient (Wildman–Crippen LogP) is 3.48. The Balaban J connectivity index is 1.41. The van der Waals surface area contributed by atoms with E-state index in [0.717, 1.165) is 22.4 Å². The van der Waals surface area contributed by atoms with Crippen molar-refractivity contribution in [2.45, 2.75) is 25.6 Å². The van der Waals surface area contributed by atoms with E-state index in [2.05, 4.69) is 20.0 Å². The van der Waals surface area contributed by atoms with Crippen LogP contribution in [-0.4, -0.2) is 29.5 Å². The number of aromatic amines is 1. The number of nitrogens with zero attached hydrogens (tertiary/aromatic N) is 2. The SMILES string of the molecule is Cc1ccc(NS(=O)(=O)Cc2ccccc2)c(=O)n1CCCNc1cccc2[nH]cnc12. The first-order chi connectivity index (χ1) is 15.4. The highest BCUT2D eigenvalue weighted by Crippen LogP contribution is 2.19. The standard InChI is InChI=1S/C23H25N5O3S/c1-17-11-12-21(27-32(30,31)15-18-7-3-2-4-8-18)23(29)28(17)14-6-13-24-19-9-5-10-20-22(19)26-16-25-20/h2-5,7-12,16,24,27H,6,13-15H2,1H3,(H,25,26). The van der Waals surface area contributed by atoms with Gasteiger partial charge in [0.25, 0.3) is 5.56 Å². The highest BCUT2D eigenvalue weighted by atomic mass is 32.2. The predicted molar refractivity (Wildman–Crippen MR) is 127 cm³/mol. The monoisotopic (exact) mass is 451 g/mol. The van der Waals surface area contributed by atoms with Crippen molar-refractivity contribution in [3.8, 4) is 0 Å². The molecule has 0 atom stereocenters. The van der Waals surface area contributed by atoms with Crippen LogP contribution in [0.5, 0.6) is 0 Å². The number of H-pyrrole nitrogens is 1. The number of pyridine rings is 1. The van der Waals surface area contributed by atoms with E-state index in [1.807, 2.05) is 31.2 Å². The number of aromatic nitrogens is 3. The van der Waals surface area contributed by atoms with Crippen molar-refractivity contribution in [2.75, 3.05) is 16.6 Å². The van der Waals surface area contributed by atoms with E-state index in [4.69, 9.17) is 0 Å². The van der Waals surface area contributed by atoms with Gasteiger partial charge in [-0.3, -0.25) is 9.52 Å². The Labute approximate surface area is 186 Å². The number of benzene rings is 2. The third-order valence-electron chi connectivity index (χ3n) is 5.18. The van der Waals surface area contributed by atoms with Gasteiger partial charge in [-0.25, -0.2) is 13.4 Å². The second kappa shape index (κ2) is 9.27. The summed E-state index contributed by atoms with van der Waals surface area (Å²) in [7, 11) is -3.70. The fraction of sp³-hybridized carbons (Fsp3) is 0.217. The lowest BCUT2D eigenvalue weighted by Crippen LogP contribution is -2.28. The van der Waals surface area contributed by atoms with Crippen molar-refractivity contribution >= 4 is 32.4 Å². The normalized spacial score (nSPS) is 11.5. The van der Waals surface area contributed by atoms with Crippen LogP contribution in [0, 0.1) is 6.92 Å². The van der Waals surface area contributed by atoms with Crippen LogP contribution in [-0.2, 0) is 22.3 Å². The number of hydrogen-bond donors (Lipinski definition) is 3. The van der Waals surface area contributed by atoms with Crippen LogP contribution < -0.4 is 15.6 Å². The number of nitrogens with one attached hydrogen (secondary N) is 3. The molecule has 2 aromatic heterocycles. The molecule has 2 aromatic carbocycles. The van der Waals surface area contributed by atoms with Gasteiger partial charge in [-0.05, 0) is 43.2 Å². The molecule has 0 bridgehead atoms. The minimum Gasteiger partial charge on any atom is -0.383 e. The molecule has 9 heteroatoms. The number of hydrogen-bond acceptors (Lipinski definition) is 5. The Morgan fingerprint density at radius 2 is 1.81 bits per heavy atom. The maximum Gasteiger partial charge on any atom is 0.275 e. The van der Waals surface area contributed by atoms with Crippen LogP contribution in [0.2, 0.25) is 0 Å². The molecule has 0 saturated heterocycles. The molecule has 0 radical (unpaired) electrons. The number of rotatable bonds is 9. The lowest BCUT2D eigenvalue weighted by molar-refractivity contribution is 0.599. The van der Waals surface area contributed by atoms with Crippen LogP contribution >= 0.6 is 0 Å². The second-order valence-electron chi connectivity index (χ2n) is 7.58. The molecule has 0 aliphatic carbocycles. The summed E-state index contributed by atoms with van der Waals surface area (Å²) in [5.74, 6) is -0.191. The fourth-order valence-corrected chi connectivity index (χ4v) is 4.79. The number of para-hydroxylation sites is 1. The summed E-state index contributed by atoms with van der Waals surface area (Å²) in [6.45, 7) is 2.94. The molecule has 8 nitrogen and oxygen atoms in total. The summed E-state index contributed by atoms with van der Waals surface area (Å²) >= 11 is 0. The minimum atomic E-state index is -3.70. The molecule has 2 heterocycles. The van der Waals surface area contributed by atoms with Gasteiger partial charge < -0.3 is 14.9 Å². The van der Waals surface area contributed by atoms with Gasteiger partial charge >= 0.3 is 0 Å². The number of anilines is 2. The van der Waals surface area contributed by atoms with Gasteiger partial charge in [-0.1, -0.05) is 36.4 Å². The van der Waals surface area contributed by atoms with Gasteiger partial charge in [-0.2, -0.15) is 0 Å². The Morgan fingerprint density at radius 1 is 1.00 bits per heavy atom. The summed E-state index contributed by atoms with van der Waals surface area (Å²) in [4.78, 5) is 20.3. The number of imidazole rings is 1. The largest absolute Gasteiger partial charge is 0.383 e.